The fraction of sp³-hybridized carbons (Fsp3) is 0.692. The molecule has 3 rings (SSSR count). The third kappa shape index (κ3) is 5.56. The standard InChI is InChI=1S/C13H19N5O9S.Na/c19-10(14-15-11(20)12(21)16-3-5-26-6-4-16)9-2-1-8-7-17(9)13(22)18(8)27-28(23,24)25;/h8-9H,1-7H2,(H,14,19)(H,15,20)(H,23,24,25);/q;+1/p-1/t8-,9-;/m0./s1. The molecule has 0 aliphatic carbocycles. The van der Waals surface area contributed by atoms with Gasteiger partial charge in [0.25, 0.3) is 5.91 Å². The van der Waals surface area contributed by atoms with Crippen LogP contribution in [0.15, 0.2) is 0 Å². The fourth-order valence-corrected chi connectivity index (χ4v) is 3.65. The minimum atomic E-state index is -5.14. The molecule has 0 unspecified atom stereocenters. The second-order valence-electron chi connectivity index (χ2n) is 6.34. The van der Waals surface area contributed by atoms with Crippen LogP contribution in [0.4, 0.5) is 4.79 Å². The summed E-state index contributed by atoms with van der Waals surface area (Å²) < 4.78 is 41.5. The Bertz CT molecular complexity index is 788. The van der Waals surface area contributed by atoms with Gasteiger partial charge in [-0.2, -0.15) is 9.35 Å². The van der Waals surface area contributed by atoms with Crippen molar-refractivity contribution in [2.75, 3.05) is 32.8 Å². The van der Waals surface area contributed by atoms with Crippen LogP contribution in [0, 0.1) is 0 Å². The second-order valence-corrected chi connectivity index (χ2v) is 7.30. The first-order chi connectivity index (χ1) is 13.2. The number of hydrazine groups is 1. The van der Waals surface area contributed by atoms with E-state index in [4.69, 9.17) is 4.74 Å². The van der Waals surface area contributed by atoms with E-state index >= 15 is 0 Å². The van der Waals surface area contributed by atoms with Crippen molar-refractivity contribution in [1.82, 2.24) is 25.7 Å². The van der Waals surface area contributed by atoms with Crippen molar-refractivity contribution < 1.29 is 70.7 Å². The minimum absolute atomic E-state index is 0. The average molecular weight is 443 g/mol. The SMILES string of the molecule is O=C(NNC(=O)[C@@H]1CC[C@H]2CN1C(=O)N2OS(=O)(=O)[O-])C(=O)N1CCOCC1.[Na+]. The van der Waals surface area contributed by atoms with Crippen LogP contribution in [0.5, 0.6) is 0 Å². The third-order valence-electron chi connectivity index (χ3n) is 4.59. The molecule has 3 aliphatic rings. The van der Waals surface area contributed by atoms with Crippen molar-refractivity contribution in [1.29, 1.82) is 0 Å². The van der Waals surface area contributed by atoms with E-state index in [1.165, 1.54) is 4.90 Å². The maximum atomic E-state index is 12.3. The van der Waals surface area contributed by atoms with Gasteiger partial charge in [0.2, 0.25) is 10.4 Å². The molecule has 3 saturated heterocycles. The molecular weight excluding hydrogens is 425 g/mol. The van der Waals surface area contributed by atoms with Gasteiger partial charge in [0, 0.05) is 19.6 Å². The van der Waals surface area contributed by atoms with Crippen LogP contribution in [0.2, 0.25) is 0 Å². The predicted octanol–water partition coefficient (Wildman–Crippen LogP) is -6.34. The molecule has 16 heteroatoms. The van der Waals surface area contributed by atoms with Crippen molar-refractivity contribution >= 4 is 34.2 Å². The molecule has 3 aliphatic heterocycles. The summed E-state index contributed by atoms with van der Waals surface area (Å²) >= 11 is 0. The van der Waals surface area contributed by atoms with Gasteiger partial charge >= 0.3 is 47.4 Å². The zero-order chi connectivity index (χ0) is 20.5. The maximum absolute atomic E-state index is 12.3. The Kier molecular flexibility index (Phi) is 7.83. The number of hydroxylamine groups is 2. The van der Waals surface area contributed by atoms with E-state index in [0.717, 1.165) is 4.90 Å². The van der Waals surface area contributed by atoms with Crippen molar-refractivity contribution in [3.8, 4) is 0 Å². The summed E-state index contributed by atoms with van der Waals surface area (Å²) in [6.07, 6.45) is 0.352. The topological polar surface area (TPSA) is 178 Å². The Morgan fingerprint density at radius 3 is 2.41 bits per heavy atom. The molecule has 14 nitrogen and oxygen atoms in total. The number of nitrogens with one attached hydrogen (secondary N) is 2. The Morgan fingerprint density at radius 2 is 1.79 bits per heavy atom. The molecule has 0 saturated carbocycles. The van der Waals surface area contributed by atoms with Crippen LogP contribution < -0.4 is 40.4 Å². The third-order valence-corrected chi connectivity index (χ3v) is 4.93. The summed E-state index contributed by atoms with van der Waals surface area (Å²) in [6, 6.07) is -2.65. The molecule has 2 bridgehead atoms. The van der Waals surface area contributed by atoms with Gasteiger partial charge in [-0.15, -0.1) is 0 Å². The quantitative estimate of drug-likeness (QED) is 0.141. The monoisotopic (exact) mass is 443 g/mol. The van der Waals surface area contributed by atoms with Crippen LogP contribution in [-0.2, 0) is 33.8 Å². The summed E-state index contributed by atoms with van der Waals surface area (Å²) in [5.41, 5.74) is 4.09. The number of rotatable bonds is 3. The van der Waals surface area contributed by atoms with Crippen molar-refractivity contribution in [3.05, 3.63) is 0 Å². The molecule has 0 spiro atoms. The van der Waals surface area contributed by atoms with Crippen LogP contribution in [0.1, 0.15) is 12.8 Å². The number of fused-ring (bicyclic) bond motifs is 2. The number of carbonyl (C=O) groups is 4. The van der Waals surface area contributed by atoms with Crippen molar-refractivity contribution in [2.24, 2.45) is 0 Å². The van der Waals surface area contributed by atoms with Gasteiger partial charge < -0.3 is 19.1 Å². The van der Waals surface area contributed by atoms with E-state index in [9.17, 15) is 32.1 Å². The number of carbonyl (C=O) groups excluding carboxylic acids is 4. The van der Waals surface area contributed by atoms with Crippen LogP contribution in [0.25, 0.3) is 0 Å². The second kappa shape index (κ2) is 9.55. The Balaban J connectivity index is 0.00000300. The van der Waals surface area contributed by atoms with Gasteiger partial charge in [-0.05, 0) is 12.8 Å². The first kappa shape index (κ1) is 23.8. The normalized spacial score (nSPS) is 24.0. The van der Waals surface area contributed by atoms with Crippen molar-refractivity contribution in [2.45, 2.75) is 24.9 Å². The fourth-order valence-electron chi connectivity index (χ4n) is 3.27. The van der Waals surface area contributed by atoms with Gasteiger partial charge in [-0.25, -0.2) is 13.2 Å². The zero-order valence-electron chi connectivity index (χ0n) is 15.5. The Hall–Kier alpha value is -1.49. The summed E-state index contributed by atoms with van der Waals surface area (Å²) in [5, 5.41) is 0.441. The van der Waals surface area contributed by atoms with Crippen LogP contribution in [0.3, 0.4) is 0 Å². The van der Waals surface area contributed by atoms with Gasteiger partial charge in [-0.3, -0.25) is 25.2 Å². The molecule has 3 fully saturated rings. The minimum Gasteiger partial charge on any atom is -0.724 e. The van der Waals surface area contributed by atoms with Crippen LogP contribution >= 0.6 is 0 Å². The summed E-state index contributed by atoms with van der Waals surface area (Å²) in [6.45, 7) is 1.11. The number of nitrogens with zero attached hydrogens (tertiary/aromatic N) is 3. The predicted molar refractivity (Wildman–Crippen MR) is 85.2 cm³/mol. The number of morpholine rings is 1. The zero-order valence-corrected chi connectivity index (χ0v) is 18.3. The van der Waals surface area contributed by atoms with Gasteiger partial charge in [-0.1, -0.05) is 0 Å². The first-order valence-corrected chi connectivity index (χ1v) is 9.73. The molecule has 2 N–H and O–H groups in total. The smallest absolute Gasteiger partial charge is 0.724 e. The number of hydrogen-bond donors (Lipinski definition) is 2. The van der Waals surface area contributed by atoms with E-state index in [-0.39, 0.29) is 62.0 Å². The molecule has 156 valence electrons. The van der Waals surface area contributed by atoms with Gasteiger partial charge in [0.05, 0.1) is 19.3 Å². The number of amides is 5. The van der Waals surface area contributed by atoms with E-state index < -0.39 is 46.2 Å². The Labute approximate surface area is 188 Å². The summed E-state index contributed by atoms with van der Waals surface area (Å²) in [7, 11) is -5.14. The first-order valence-electron chi connectivity index (χ1n) is 8.39. The average Bonchev–Trinajstić information content (AvgIpc) is 2.89. The van der Waals surface area contributed by atoms with E-state index in [0.29, 0.717) is 18.3 Å². The number of urea groups is 1. The number of ether oxygens (including phenoxy) is 1. The molecule has 0 aromatic rings. The summed E-state index contributed by atoms with van der Waals surface area (Å²) in [4.78, 5) is 50.7. The van der Waals surface area contributed by atoms with Crippen LogP contribution in [-0.4, -0.2) is 96.5 Å². The molecule has 29 heavy (non-hydrogen) atoms. The van der Waals surface area contributed by atoms with E-state index in [1.54, 1.807) is 0 Å². The molecule has 3 heterocycles. The Morgan fingerprint density at radius 1 is 1.14 bits per heavy atom. The van der Waals surface area contributed by atoms with Crippen molar-refractivity contribution in [3.63, 3.8) is 0 Å². The summed E-state index contributed by atoms with van der Waals surface area (Å²) in [5.74, 6) is -2.63. The number of piperidine rings is 1. The maximum Gasteiger partial charge on any atom is 1.00 e. The van der Waals surface area contributed by atoms with E-state index in [1.807, 2.05) is 5.43 Å². The van der Waals surface area contributed by atoms with Gasteiger partial charge in [0.1, 0.15) is 6.04 Å². The number of hydrogen-bond acceptors (Lipinski definition) is 9. The molecule has 0 radical (unpaired) electrons. The largest absolute Gasteiger partial charge is 1.00 e. The molecule has 2 atom stereocenters. The molecule has 0 aromatic carbocycles. The molecule has 0 aromatic heterocycles. The van der Waals surface area contributed by atoms with Gasteiger partial charge in [0.15, 0.2) is 0 Å². The van der Waals surface area contributed by atoms with E-state index in [2.05, 4.69) is 9.71 Å². The molecule has 5 amide bonds. The molecular formula is C13H18N5NaO9S.